The van der Waals surface area contributed by atoms with Crippen molar-refractivity contribution in [2.75, 3.05) is 13.1 Å². The molecule has 5 nitrogen and oxygen atoms in total. The molecular weight excluding hydrogens is 471 g/mol. The Bertz CT molecular complexity index is 1160. The first kappa shape index (κ1) is 23.7. The second-order valence-electron chi connectivity index (χ2n) is 7.86. The maximum Gasteiger partial charge on any atom is 0.333 e. The molecular formula is C27H22Cl2N2O3. The Hall–Kier alpha value is -3.41. The number of amides is 4. The topological polar surface area (TPSA) is 57.7 Å². The van der Waals surface area contributed by atoms with E-state index in [1.807, 2.05) is 60.7 Å². The Balaban J connectivity index is 1.66. The van der Waals surface area contributed by atoms with Crippen molar-refractivity contribution < 1.29 is 14.4 Å². The molecule has 172 valence electrons. The van der Waals surface area contributed by atoms with Gasteiger partial charge in [0, 0.05) is 28.7 Å². The molecule has 4 amide bonds. The number of imide groups is 2. The summed E-state index contributed by atoms with van der Waals surface area (Å²) in [4.78, 5) is 42.1. The van der Waals surface area contributed by atoms with E-state index in [1.165, 1.54) is 6.08 Å². The first-order valence-electron chi connectivity index (χ1n) is 10.9. The van der Waals surface area contributed by atoms with Crippen LogP contribution in [0.4, 0.5) is 4.79 Å². The van der Waals surface area contributed by atoms with Crippen LogP contribution in [0.1, 0.15) is 16.7 Å². The number of nitrogens with zero attached hydrogens (tertiary/aromatic N) is 2. The number of halogens is 2. The number of rotatable bonds is 7. The van der Waals surface area contributed by atoms with E-state index in [0.717, 1.165) is 20.9 Å². The molecule has 1 aliphatic rings. The van der Waals surface area contributed by atoms with E-state index in [1.54, 1.807) is 18.2 Å². The van der Waals surface area contributed by atoms with Crippen LogP contribution in [0.25, 0.3) is 6.08 Å². The molecule has 4 rings (SSSR count). The summed E-state index contributed by atoms with van der Waals surface area (Å²) >= 11 is 12.6. The molecule has 3 aromatic rings. The van der Waals surface area contributed by atoms with Crippen LogP contribution in [0.5, 0.6) is 0 Å². The lowest BCUT2D eigenvalue weighted by Crippen LogP contribution is -2.57. The predicted molar refractivity (Wildman–Crippen MR) is 134 cm³/mol. The molecule has 7 heteroatoms. The summed E-state index contributed by atoms with van der Waals surface area (Å²) in [5.41, 5.74) is 2.18. The minimum atomic E-state index is -0.655. The minimum Gasteiger partial charge on any atom is -0.268 e. The van der Waals surface area contributed by atoms with E-state index in [4.69, 9.17) is 23.2 Å². The SMILES string of the molecule is O=C1C(=Cc2c(Cl)cccc2Cl)C(=O)N(CCc2ccccc2)C(=O)N1CCc1ccccc1. The number of barbiturate groups is 1. The highest BCUT2D eigenvalue weighted by molar-refractivity contribution is 6.38. The van der Waals surface area contributed by atoms with Gasteiger partial charge in [-0.1, -0.05) is 89.9 Å². The van der Waals surface area contributed by atoms with Gasteiger partial charge in [0.1, 0.15) is 5.57 Å². The maximum atomic E-state index is 13.3. The molecule has 1 heterocycles. The molecule has 0 atom stereocenters. The van der Waals surface area contributed by atoms with E-state index >= 15 is 0 Å². The minimum absolute atomic E-state index is 0.143. The Morgan fingerprint density at radius 1 is 0.618 bits per heavy atom. The first-order chi connectivity index (χ1) is 16.5. The Morgan fingerprint density at radius 3 is 1.50 bits per heavy atom. The van der Waals surface area contributed by atoms with Crippen LogP contribution in [-0.2, 0) is 22.4 Å². The van der Waals surface area contributed by atoms with Crippen molar-refractivity contribution >= 4 is 47.1 Å². The van der Waals surface area contributed by atoms with E-state index in [0.29, 0.717) is 28.5 Å². The monoisotopic (exact) mass is 492 g/mol. The van der Waals surface area contributed by atoms with E-state index in [-0.39, 0.29) is 18.7 Å². The van der Waals surface area contributed by atoms with Gasteiger partial charge < -0.3 is 0 Å². The summed E-state index contributed by atoms with van der Waals surface area (Å²) in [6.07, 6.45) is 2.32. The third-order valence-electron chi connectivity index (χ3n) is 5.64. The Labute approximate surface area is 208 Å². The summed E-state index contributed by atoms with van der Waals surface area (Å²) in [6, 6.07) is 23.4. The number of benzene rings is 3. The highest BCUT2D eigenvalue weighted by Gasteiger charge is 2.41. The fourth-order valence-electron chi connectivity index (χ4n) is 3.78. The molecule has 0 spiro atoms. The summed E-state index contributed by atoms with van der Waals surface area (Å²) in [5, 5.41) is 0.619. The van der Waals surface area contributed by atoms with Gasteiger partial charge in [0.2, 0.25) is 0 Å². The number of hydrogen-bond acceptors (Lipinski definition) is 3. The van der Waals surface area contributed by atoms with Gasteiger partial charge >= 0.3 is 6.03 Å². The van der Waals surface area contributed by atoms with Crippen LogP contribution in [-0.4, -0.2) is 40.7 Å². The largest absolute Gasteiger partial charge is 0.333 e. The van der Waals surface area contributed by atoms with Crippen LogP contribution in [0, 0.1) is 0 Å². The lowest BCUT2D eigenvalue weighted by atomic mass is 10.0. The summed E-state index contributed by atoms with van der Waals surface area (Å²) in [6.45, 7) is 0.286. The smallest absolute Gasteiger partial charge is 0.268 e. The molecule has 0 unspecified atom stereocenters. The van der Waals surface area contributed by atoms with Crippen LogP contribution in [0.2, 0.25) is 10.0 Å². The number of hydrogen-bond donors (Lipinski definition) is 0. The van der Waals surface area contributed by atoms with Gasteiger partial charge in [-0.3, -0.25) is 19.4 Å². The van der Waals surface area contributed by atoms with Crippen molar-refractivity contribution in [3.8, 4) is 0 Å². The quantitative estimate of drug-likeness (QED) is 0.316. The van der Waals surface area contributed by atoms with Gasteiger partial charge in [0.05, 0.1) is 0 Å². The van der Waals surface area contributed by atoms with Crippen LogP contribution in [0.15, 0.2) is 84.4 Å². The number of carbonyl (C=O) groups is 3. The predicted octanol–water partition coefficient (Wildman–Crippen LogP) is 5.65. The van der Waals surface area contributed by atoms with Gasteiger partial charge in [-0.15, -0.1) is 0 Å². The average molecular weight is 493 g/mol. The average Bonchev–Trinajstić information content (AvgIpc) is 2.84. The van der Waals surface area contributed by atoms with Crippen molar-refractivity contribution in [2.24, 2.45) is 0 Å². The van der Waals surface area contributed by atoms with E-state index in [9.17, 15) is 14.4 Å². The van der Waals surface area contributed by atoms with Gasteiger partial charge in [-0.2, -0.15) is 0 Å². The summed E-state index contributed by atoms with van der Waals surface area (Å²) < 4.78 is 0. The molecule has 1 aliphatic heterocycles. The maximum absolute atomic E-state index is 13.3. The van der Waals surface area contributed by atoms with Crippen molar-refractivity contribution in [3.05, 3.63) is 111 Å². The molecule has 0 aromatic heterocycles. The molecule has 0 saturated carbocycles. The van der Waals surface area contributed by atoms with Gasteiger partial charge in [0.25, 0.3) is 11.8 Å². The Morgan fingerprint density at radius 2 is 1.06 bits per heavy atom. The zero-order chi connectivity index (χ0) is 24.1. The zero-order valence-corrected chi connectivity index (χ0v) is 19.8. The molecule has 3 aromatic carbocycles. The summed E-state index contributed by atoms with van der Waals surface area (Å²) in [7, 11) is 0. The lowest BCUT2D eigenvalue weighted by Gasteiger charge is -2.34. The van der Waals surface area contributed by atoms with E-state index < -0.39 is 17.8 Å². The van der Waals surface area contributed by atoms with Gasteiger partial charge in [0.15, 0.2) is 0 Å². The molecule has 0 N–H and O–H groups in total. The van der Waals surface area contributed by atoms with Gasteiger partial charge in [-0.25, -0.2) is 4.79 Å². The van der Waals surface area contributed by atoms with Crippen LogP contribution in [0.3, 0.4) is 0 Å². The third-order valence-corrected chi connectivity index (χ3v) is 6.29. The first-order valence-corrected chi connectivity index (χ1v) is 11.6. The van der Waals surface area contributed by atoms with Crippen LogP contribution >= 0.6 is 23.2 Å². The fourth-order valence-corrected chi connectivity index (χ4v) is 4.29. The normalized spacial score (nSPS) is 14.1. The highest BCUT2D eigenvalue weighted by atomic mass is 35.5. The molecule has 1 saturated heterocycles. The standard InChI is InChI=1S/C27H22Cl2N2O3/c28-23-12-7-13-24(29)21(23)18-22-25(32)30(16-14-19-8-3-1-4-9-19)27(34)31(26(22)33)17-15-20-10-5-2-6-11-20/h1-13,18H,14-17H2. The molecule has 1 fully saturated rings. The molecule has 0 radical (unpaired) electrons. The number of urea groups is 1. The molecule has 34 heavy (non-hydrogen) atoms. The zero-order valence-electron chi connectivity index (χ0n) is 18.3. The van der Waals surface area contributed by atoms with Gasteiger partial charge in [-0.05, 0) is 42.2 Å². The fraction of sp³-hybridized carbons (Fsp3) is 0.148. The van der Waals surface area contributed by atoms with E-state index in [2.05, 4.69) is 0 Å². The molecule has 0 bridgehead atoms. The number of carbonyl (C=O) groups excluding carboxylic acids is 3. The Kier molecular flexibility index (Phi) is 7.46. The highest BCUT2D eigenvalue weighted by Crippen LogP contribution is 2.29. The molecule has 0 aliphatic carbocycles. The van der Waals surface area contributed by atoms with Crippen LogP contribution < -0.4 is 0 Å². The van der Waals surface area contributed by atoms with Crippen molar-refractivity contribution in [1.29, 1.82) is 0 Å². The van der Waals surface area contributed by atoms with Crippen molar-refractivity contribution in [2.45, 2.75) is 12.8 Å². The van der Waals surface area contributed by atoms with Crippen molar-refractivity contribution in [1.82, 2.24) is 9.80 Å². The summed E-state index contributed by atoms with van der Waals surface area (Å²) in [5.74, 6) is -1.31. The second-order valence-corrected chi connectivity index (χ2v) is 8.68. The third kappa shape index (κ3) is 5.22. The lowest BCUT2D eigenvalue weighted by molar-refractivity contribution is -0.135. The van der Waals surface area contributed by atoms with Crippen molar-refractivity contribution in [3.63, 3.8) is 0 Å². The second kappa shape index (κ2) is 10.7.